The molecule has 0 aliphatic heterocycles. The van der Waals surface area contributed by atoms with Crippen LogP contribution in [0.4, 0.5) is 0 Å². The minimum Gasteiger partial charge on any atom is -0.387 e. The van der Waals surface area contributed by atoms with Crippen molar-refractivity contribution in [2.75, 3.05) is 6.61 Å². The van der Waals surface area contributed by atoms with E-state index in [1.165, 1.54) is 0 Å². The van der Waals surface area contributed by atoms with Crippen molar-refractivity contribution in [1.29, 1.82) is 0 Å². The van der Waals surface area contributed by atoms with Crippen LogP contribution in [0, 0.1) is 5.41 Å². The lowest BCUT2D eigenvalue weighted by Gasteiger charge is -2.40. The van der Waals surface area contributed by atoms with Gasteiger partial charge in [0.2, 0.25) is 0 Å². The van der Waals surface area contributed by atoms with Gasteiger partial charge in [0.15, 0.2) is 0 Å². The lowest BCUT2D eigenvalue weighted by Crippen LogP contribution is -2.41. The molecule has 0 aromatic carbocycles. The summed E-state index contributed by atoms with van der Waals surface area (Å²) >= 11 is 0. The predicted molar refractivity (Wildman–Crippen MR) is 58.3 cm³/mol. The van der Waals surface area contributed by atoms with Gasteiger partial charge < -0.3 is 9.84 Å². The van der Waals surface area contributed by atoms with Crippen LogP contribution in [0.1, 0.15) is 53.4 Å². The molecule has 0 atom stereocenters. The molecule has 2 heteroatoms. The summed E-state index contributed by atoms with van der Waals surface area (Å²) in [5, 5.41) is 10.2. The van der Waals surface area contributed by atoms with Crippen molar-refractivity contribution in [2.24, 2.45) is 5.41 Å². The largest absolute Gasteiger partial charge is 0.387 e. The van der Waals surface area contributed by atoms with Gasteiger partial charge in [-0.05, 0) is 44.9 Å². The lowest BCUT2D eigenvalue weighted by atomic mass is 9.71. The second kappa shape index (κ2) is 4.19. The monoisotopic (exact) mass is 200 g/mol. The highest BCUT2D eigenvalue weighted by Crippen LogP contribution is 2.40. The molecule has 0 bridgehead atoms. The summed E-state index contributed by atoms with van der Waals surface area (Å²) in [7, 11) is 0. The Labute approximate surface area is 87.7 Å². The zero-order valence-corrected chi connectivity index (χ0v) is 9.97. The Hall–Kier alpha value is -0.0800. The molecule has 0 amide bonds. The van der Waals surface area contributed by atoms with Gasteiger partial charge in [-0.2, -0.15) is 0 Å². The van der Waals surface area contributed by atoms with Crippen LogP contribution in [0.5, 0.6) is 0 Å². The summed E-state index contributed by atoms with van der Waals surface area (Å²) in [5.74, 6) is 0. The highest BCUT2D eigenvalue weighted by Gasteiger charge is 2.36. The van der Waals surface area contributed by atoms with Gasteiger partial charge in [0.25, 0.3) is 0 Å². The van der Waals surface area contributed by atoms with Crippen LogP contribution in [0.25, 0.3) is 0 Å². The Morgan fingerprint density at radius 3 is 2.07 bits per heavy atom. The standard InChI is InChI=1S/C12H24O2/c1-10(2)14-9-12(13)7-5-11(3,4)6-8-12/h10,13H,5-9H2,1-4H3. The molecular formula is C12H24O2. The first-order chi connectivity index (χ1) is 6.33. The van der Waals surface area contributed by atoms with E-state index >= 15 is 0 Å². The van der Waals surface area contributed by atoms with Gasteiger partial charge in [0, 0.05) is 0 Å². The lowest BCUT2D eigenvalue weighted by molar-refractivity contribution is -0.0977. The molecule has 1 rings (SSSR count). The molecule has 2 nitrogen and oxygen atoms in total. The van der Waals surface area contributed by atoms with Crippen molar-refractivity contribution in [1.82, 2.24) is 0 Å². The second-order valence-corrected chi connectivity index (χ2v) is 5.75. The fraction of sp³-hybridized carbons (Fsp3) is 1.00. The van der Waals surface area contributed by atoms with E-state index in [0.29, 0.717) is 12.0 Å². The topological polar surface area (TPSA) is 29.5 Å². The van der Waals surface area contributed by atoms with E-state index in [4.69, 9.17) is 4.74 Å². The van der Waals surface area contributed by atoms with Crippen LogP contribution >= 0.6 is 0 Å². The molecule has 0 unspecified atom stereocenters. The summed E-state index contributed by atoms with van der Waals surface area (Å²) in [5.41, 5.74) is -0.149. The fourth-order valence-corrected chi connectivity index (χ4v) is 1.86. The van der Waals surface area contributed by atoms with Gasteiger partial charge in [0.05, 0.1) is 18.3 Å². The van der Waals surface area contributed by atoms with Crippen molar-refractivity contribution in [3.05, 3.63) is 0 Å². The second-order valence-electron chi connectivity index (χ2n) is 5.75. The number of aliphatic hydroxyl groups is 1. The zero-order valence-electron chi connectivity index (χ0n) is 9.97. The Morgan fingerprint density at radius 1 is 1.14 bits per heavy atom. The zero-order chi connectivity index (χ0) is 10.8. The van der Waals surface area contributed by atoms with Gasteiger partial charge >= 0.3 is 0 Å². The maximum absolute atomic E-state index is 10.2. The fourth-order valence-electron chi connectivity index (χ4n) is 1.86. The maximum atomic E-state index is 10.2. The molecule has 1 fully saturated rings. The molecule has 0 aromatic rings. The highest BCUT2D eigenvalue weighted by molar-refractivity contribution is 4.88. The summed E-state index contributed by atoms with van der Waals surface area (Å²) in [4.78, 5) is 0. The maximum Gasteiger partial charge on any atom is 0.0880 e. The quantitative estimate of drug-likeness (QED) is 0.759. The first kappa shape index (κ1) is 12.0. The van der Waals surface area contributed by atoms with Crippen molar-refractivity contribution < 1.29 is 9.84 Å². The number of hydrogen-bond acceptors (Lipinski definition) is 2. The molecule has 1 saturated carbocycles. The summed E-state index contributed by atoms with van der Waals surface area (Å²) in [6.45, 7) is 9.07. The average Bonchev–Trinajstić information content (AvgIpc) is 2.08. The molecule has 0 heterocycles. The average molecular weight is 200 g/mol. The number of rotatable bonds is 3. The number of hydrogen-bond donors (Lipinski definition) is 1. The van der Waals surface area contributed by atoms with Crippen LogP contribution in [-0.4, -0.2) is 23.4 Å². The molecule has 0 aromatic heterocycles. The van der Waals surface area contributed by atoms with Gasteiger partial charge in [-0.1, -0.05) is 13.8 Å². The van der Waals surface area contributed by atoms with E-state index in [9.17, 15) is 5.11 Å². The van der Waals surface area contributed by atoms with Crippen LogP contribution in [0.15, 0.2) is 0 Å². The smallest absolute Gasteiger partial charge is 0.0880 e. The summed E-state index contributed by atoms with van der Waals surface area (Å²) in [6, 6.07) is 0. The van der Waals surface area contributed by atoms with E-state index in [1.54, 1.807) is 0 Å². The first-order valence-electron chi connectivity index (χ1n) is 5.67. The van der Waals surface area contributed by atoms with Crippen molar-refractivity contribution in [3.8, 4) is 0 Å². The van der Waals surface area contributed by atoms with Gasteiger partial charge in [0.1, 0.15) is 0 Å². The minimum absolute atomic E-state index is 0.217. The van der Waals surface area contributed by atoms with Crippen LogP contribution in [-0.2, 0) is 4.74 Å². The van der Waals surface area contributed by atoms with Crippen molar-refractivity contribution >= 4 is 0 Å². The third-order valence-corrected chi connectivity index (χ3v) is 3.22. The van der Waals surface area contributed by atoms with Crippen LogP contribution in [0.3, 0.4) is 0 Å². The molecule has 0 radical (unpaired) electrons. The molecule has 84 valence electrons. The third-order valence-electron chi connectivity index (χ3n) is 3.22. The van der Waals surface area contributed by atoms with E-state index in [1.807, 2.05) is 13.8 Å². The molecular weight excluding hydrogens is 176 g/mol. The van der Waals surface area contributed by atoms with E-state index in [0.717, 1.165) is 25.7 Å². The number of ether oxygens (including phenoxy) is 1. The Balaban J connectivity index is 2.37. The molecule has 1 aliphatic rings. The van der Waals surface area contributed by atoms with Gasteiger partial charge in [-0.3, -0.25) is 0 Å². The molecule has 1 aliphatic carbocycles. The molecule has 0 saturated heterocycles. The SMILES string of the molecule is CC(C)OCC1(O)CCC(C)(C)CC1. The summed E-state index contributed by atoms with van der Waals surface area (Å²) < 4.78 is 5.50. The van der Waals surface area contributed by atoms with Crippen molar-refractivity contribution in [2.45, 2.75) is 65.1 Å². The molecule has 1 N–H and O–H groups in total. The van der Waals surface area contributed by atoms with E-state index in [-0.39, 0.29) is 6.10 Å². The summed E-state index contributed by atoms with van der Waals surface area (Å²) in [6.07, 6.45) is 4.18. The Morgan fingerprint density at radius 2 is 1.64 bits per heavy atom. The van der Waals surface area contributed by atoms with Crippen LogP contribution in [0.2, 0.25) is 0 Å². The van der Waals surface area contributed by atoms with Crippen molar-refractivity contribution in [3.63, 3.8) is 0 Å². The normalized spacial score (nSPS) is 25.3. The van der Waals surface area contributed by atoms with Gasteiger partial charge in [-0.15, -0.1) is 0 Å². The van der Waals surface area contributed by atoms with Crippen LogP contribution < -0.4 is 0 Å². The van der Waals surface area contributed by atoms with Gasteiger partial charge in [-0.25, -0.2) is 0 Å². The first-order valence-corrected chi connectivity index (χ1v) is 5.67. The highest BCUT2D eigenvalue weighted by atomic mass is 16.5. The van der Waals surface area contributed by atoms with E-state index < -0.39 is 5.60 Å². The predicted octanol–water partition coefficient (Wildman–Crippen LogP) is 2.74. The minimum atomic E-state index is -0.556. The molecule has 0 spiro atoms. The Bertz CT molecular complexity index is 169. The van der Waals surface area contributed by atoms with E-state index in [2.05, 4.69) is 13.8 Å². The third kappa shape index (κ3) is 3.58. The molecule has 14 heavy (non-hydrogen) atoms. The Kier molecular flexibility index (Phi) is 3.59.